The van der Waals surface area contributed by atoms with Gasteiger partial charge in [0.15, 0.2) is 0 Å². The molecule has 1 saturated heterocycles. The molecule has 0 bridgehead atoms. The maximum absolute atomic E-state index is 12.9. The highest BCUT2D eigenvalue weighted by atomic mass is 16.5. The van der Waals surface area contributed by atoms with E-state index in [9.17, 15) is 9.59 Å². The number of methoxy groups -OCH3 is 1. The van der Waals surface area contributed by atoms with Gasteiger partial charge >= 0.3 is 12.0 Å². The summed E-state index contributed by atoms with van der Waals surface area (Å²) in [4.78, 5) is 26.7. The fraction of sp³-hybridized carbons (Fsp3) is 0.545. The molecule has 0 aromatic heterocycles. The second kappa shape index (κ2) is 10.3. The molecule has 0 unspecified atom stereocenters. The lowest BCUT2D eigenvalue weighted by Gasteiger charge is -2.31. The van der Waals surface area contributed by atoms with Gasteiger partial charge in [0.1, 0.15) is 12.3 Å². The van der Waals surface area contributed by atoms with E-state index in [1.54, 1.807) is 14.0 Å². The normalized spacial score (nSPS) is 20.9. The predicted molar refractivity (Wildman–Crippen MR) is 110 cm³/mol. The molecule has 1 fully saturated rings. The molecular formula is C22H32N3O4+. The van der Waals surface area contributed by atoms with Crippen LogP contribution in [0.15, 0.2) is 35.5 Å². The molecular weight excluding hydrogens is 370 g/mol. The van der Waals surface area contributed by atoms with Gasteiger partial charge in [-0.05, 0) is 50.3 Å². The van der Waals surface area contributed by atoms with Crippen LogP contribution in [0.3, 0.4) is 0 Å². The topological polar surface area (TPSA) is 81.1 Å². The molecule has 0 aliphatic carbocycles. The number of carbonyl (C=O) groups excluding carboxylic acids is 2. The van der Waals surface area contributed by atoms with Crippen LogP contribution in [0.25, 0.3) is 0 Å². The van der Waals surface area contributed by atoms with Crippen molar-refractivity contribution in [2.24, 2.45) is 0 Å². The van der Waals surface area contributed by atoms with Crippen LogP contribution in [0.5, 0.6) is 5.75 Å². The zero-order valence-corrected chi connectivity index (χ0v) is 17.4. The number of amides is 2. The number of ether oxygens (including phenoxy) is 2. The molecule has 0 saturated carbocycles. The van der Waals surface area contributed by atoms with E-state index in [1.807, 2.05) is 24.3 Å². The van der Waals surface area contributed by atoms with Crippen molar-refractivity contribution in [1.29, 1.82) is 0 Å². The van der Waals surface area contributed by atoms with E-state index in [-0.39, 0.29) is 18.6 Å². The summed E-state index contributed by atoms with van der Waals surface area (Å²) < 4.78 is 10.6. The predicted octanol–water partition coefficient (Wildman–Crippen LogP) is 1.72. The van der Waals surface area contributed by atoms with Gasteiger partial charge in [0.05, 0.1) is 44.1 Å². The van der Waals surface area contributed by atoms with Crippen molar-refractivity contribution in [2.45, 2.75) is 45.1 Å². The Bertz CT molecular complexity index is 737. The number of benzene rings is 1. The van der Waals surface area contributed by atoms with E-state index in [4.69, 9.17) is 9.47 Å². The standard InChI is InChI=1S/C22H31N3O4/c1-3-29-21(26)19-18(15-25-13-7-5-4-6-8-14-25)23-22(27)24-20(19)16-9-11-17(28-2)12-10-16/h9-12,20H,3-8,13-15H2,1-2H3,(H2,23,24,27)/p+1/t20-/m0/s1. The Balaban J connectivity index is 1.93. The Morgan fingerprint density at radius 2 is 1.76 bits per heavy atom. The van der Waals surface area contributed by atoms with Crippen LogP contribution in [0.2, 0.25) is 0 Å². The van der Waals surface area contributed by atoms with Crippen molar-refractivity contribution in [3.05, 3.63) is 41.1 Å². The fourth-order valence-electron chi connectivity index (χ4n) is 4.09. The van der Waals surface area contributed by atoms with Gasteiger partial charge in [-0.2, -0.15) is 0 Å². The zero-order chi connectivity index (χ0) is 20.6. The molecule has 158 valence electrons. The first-order valence-electron chi connectivity index (χ1n) is 10.6. The van der Waals surface area contributed by atoms with Crippen LogP contribution in [0.1, 0.15) is 50.6 Å². The van der Waals surface area contributed by atoms with Crippen molar-refractivity contribution < 1.29 is 24.0 Å². The summed E-state index contributed by atoms with van der Waals surface area (Å²) in [5.74, 6) is 0.336. The number of hydrogen-bond donors (Lipinski definition) is 3. The first kappa shape index (κ1) is 21.2. The van der Waals surface area contributed by atoms with E-state index in [0.29, 0.717) is 17.8 Å². The van der Waals surface area contributed by atoms with Crippen LogP contribution in [0, 0.1) is 0 Å². The molecule has 2 amide bonds. The first-order valence-corrected chi connectivity index (χ1v) is 10.6. The largest absolute Gasteiger partial charge is 0.497 e. The number of nitrogens with one attached hydrogen (secondary N) is 3. The van der Waals surface area contributed by atoms with E-state index >= 15 is 0 Å². The quantitative estimate of drug-likeness (QED) is 0.633. The summed E-state index contributed by atoms with van der Waals surface area (Å²) in [5.41, 5.74) is 1.98. The summed E-state index contributed by atoms with van der Waals surface area (Å²) in [6.07, 6.45) is 6.13. The van der Waals surface area contributed by atoms with E-state index < -0.39 is 6.04 Å². The second-order valence-corrected chi connectivity index (χ2v) is 7.61. The van der Waals surface area contributed by atoms with Crippen molar-refractivity contribution >= 4 is 12.0 Å². The molecule has 7 nitrogen and oxygen atoms in total. The third-order valence-electron chi connectivity index (χ3n) is 5.59. The van der Waals surface area contributed by atoms with Crippen molar-refractivity contribution in [1.82, 2.24) is 10.6 Å². The highest BCUT2D eigenvalue weighted by Crippen LogP contribution is 2.28. The molecule has 3 N–H and O–H groups in total. The molecule has 29 heavy (non-hydrogen) atoms. The van der Waals surface area contributed by atoms with Gasteiger partial charge in [-0.3, -0.25) is 0 Å². The third-order valence-corrected chi connectivity index (χ3v) is 5.59. The Morgan fingerprint density at radius 3 is 2.38 bits per heavy atom. The summed E-state index contributed by atoms with van der Waals surface area (Å²) in [6, 6.07) is 6.56. The van der Waals surface area contributed by atoms with Crippen LogP contribution in [-0.2, 0) is 9.53 Å². The molecule has 1 aromatic carbocycles. The van der Waals surface area contributed by atoms with Crippen LogP contribution < -0.4 is 20.3 Å². The molecule has 2 aliphatic rings. The number of carbonyl (C=O) groups is 2. The van der Waals surface area contributed by atoms with E-state index in [2.05, 4.69) is 10.6 Å². The summed E-state index contributed by atoms with van der Waals surface area (Å²) in [5, 5.41) is 5.78. The summed E-state index contributed by atoms with van der Waals surface area (Å²) >= 11 is 0. The van der Waals surface area contributed by atoms with Crippen molar-refractivity contribution in [3.63, 3.8) is 0 Å². The molecule has 0 spiro atoms. The number of rotatable bonds is 6. The number of quaternary nitrogens is 1. The van der Waals surface area contributed by atoms with Gasteiger partial charge < -0.3 is 25.0 Å². The van der Waals surface area contributed by atoms with Gasteiger partial charge in [-0.15, -0.1) is 0 Å². The minimum Gasteiger partial charge on any atom is -0.497 e. The fourth-order valence-corrected chi connectivity index (χ4v) is 4.09. The second-order valence-electron chi connectivity index (χ2n) is 7.61. The van der Waals surface area contributed by atoms with Gasteiger partial charge in [-0.1, -0.05) is 18.6 Å². The molecule has 0 radical (unpaired) electrons. The lowest BCUT2D eigenvalue weighted by Crippen LogP contribution is -3.12. The van der Waals surface area contributed by atoms with Crippen molar-refractivity contribution in [3.8, 4) is 5.75 Å². The average Bonchev–Trinajstić information content (AvgIpc) is 2.69. The average molecular weight is 403 g/mol. The maximum atomic E-state index is 12.9. The first-order chi connectivity index (χ1) is 14.1. The van der Waals surface area contributed by atoms with Crippen molar-refractivity contribution in [2.75, 3.05) is 33.4 Å². The number of esters is 1. The molecule has 2 aliphatic heterocycles. The van der Waals surface area contributed by atoms with Crippen LogP contribution in [0.4, 0.5) is 4.79 Å². The summed E-state index contributed by atoms with van der Waals surface area (Å²) in [7, 11) is 1.61. The molecule has 1 aromatic rings. The van der Waals surface area contributed by atoms with Gasteiger partial charge in [-0.25, -0.2) is 9.59 Å². The highest BCUT2D eigenvalue weighted by Gasteiger charge is 2.35. The monoisotopic (exact) mass is 402 g/mol. The minimum absolute atomic E-state index is 0.287. The highest BCUT2D eigenvalue weighted by molar-refractivity contribution is 5.95. The third kappa shape index (κ3) is 5.50. The number of urea groups is 1. The zero-order valence-electron chi connectivity index (χ0n) is 17.4. The number of hydrogen-bond acceptors (Lipinski definition) is 4. The van der Waals surface area contributed by atoms with Gasteiger partial charge in [0.2, 0.25) is 0 Å². The van der Waals surface area contributed by atoms with E-state index in [1.165, 1.54) is 37.0 Å². The van der Waals surface area contributed by atoms with Crippen LogP contribution in [-0.4, -0.2) is 45.4 Å². The molecule has 1 atom stereocenters. The number of likely N-dealkylation sites (tertiary alicyclic amines) is 1. The maximum Gasteiger partial charge on any atom is 0.338 e. The lowest BCUT2D eigenvalue weighted by molar-refractivity contribution is -0.896. The Hall–Kier alpha value is -2.54. The van der Waals surface area contributed by atoms with Gasteiger partial charge in [0, 0.05) is 0 Å². The SMILES string of the molecule is CCOC(=O)C1=C(C[NH+]2CCCCCCC2)NC(=O)N[C@H]1c1ccc(OC)cc1. The lowest BCUT2D eigenvalue weighted by atomic mass is 9.94. The Labute approximate surface area is 172 Å². The molecule has 3 rings (SSSR count). The minimum atomic E-state index is -0.544. The van der Waals surface area contributed by atoms with Crippen LogP contribution >= 0.6 is 0 Å². The smallest absolute Gasteiger partial charge is 0.338 e. The Kier molecular flexibility index (Phi) is 7.52. The molecule has 7 heteroatoms. The summed E-state index contributed by atoms with van der Waals surface area (Å²) in [6.45, 7) is 4.80. The Morgan fingerprint density at radius 1 is 1.10 bits per heavy atom. The van der Waals surface area contributed by atoms with E-state index in [0.717, 1.165) is 24.4 Å². The van der Waals surface area contributed by atoms with Gasteiger partial charge in [0.25, 0.3) is 0 Å². The molecule has 2 heterocycles.